The zero-order valence-electron chi connectivity index (χ0n) is 9.59. The number of nitrogens with one attached hydrogen (secondary N) is 1. The first-order chi connectivity index (χ1) is 7.65. The monoisotopic (exact) mass is 221 g/mol. The van der Waals surface area contributed by atoms with E-state index in [-0.39, 0.29) is 23.6 Å². The Balaban J connectivity index is 2.36. The van der Waals surface area contributed by atoms with Crippen molar-refractivity contribution in [2.24, 2.45) is 5.92 Å². The molecule has 2 nitrogen and oxygen atoms in total. The minimum atomic E-state index is -0.336. The van der Waals surface area contributed by atoms with Gasteiger partial charge in [0.2, 0.25) is 5.91 Å². The van der Waals surface area contributed by atoms with Crippen molar-refractivity contribution in [3.05, 3.63) is 29.6 Å². The summed E-state index contributed by atoms with van der Waals surface area (Å²) in [6, 6.07) is 4.89. The van der Waals surface area contributed by atoms with Gasteiger partial charge in [0, 0.05) is 0 Å². The maximum atomic E-state index is 13.5. The third-order valence-corrected chi connectivity index (χ3v) is 3.22. The predicted octanol–water partition coefficient (Wildman–Crippen LogP) is 3.30. The average molecular weight is 221 g/mol. The lowest BCUT2D eigenvalue weighted by molar-refractivity contribution is -0.118. The molecule has 0 radical (unpaired) electrons. The van der Waals surface area contributed by atoms with Crippen LogP contribution in [0.3, 0.4) is 0 Å². The van der Waals surface area contributed by atoms with Crippen molar-refractivity contribution in [2.75, 3.05) is 5.32 Å². The molecular weight excluding hydrogens is 205 g/mol. The molecule has 2 unspecified atom stereocenters. The summed E-state index contributed by atoms with van der Waals surface area (Å²) >= 11 is 0. The molecule has 0 saturated carbocycles. The number of hydrogen-bond donors (Lipinski definition) is 1. The first kappa shape index (κ1) is 11.1. The van der Waals surface area contributed by atoms with Gasteiger partial charge in [-0.3, -0.25) is 4.79 Å². The predicted molar refractivity (Wildman–Crippen MR) is 61.8 cm³/mol. The Kier molecular flexibility index (Phi) is 2.95. The van der Waals surface area contributed by atoms with Gasteiger partial charge in [0.15, 0.2) is 0 Å². The number of rotatable bonds is 3. The second-order valence-electron chi connectivity index (χ2n) is 4.44. The number of carbonyl (C=O) groups excluding carboxylic acids is 1. The summed E-state index contributed by atoms with van der Waals surface area (Å²) < 4.78 is 13.5. The Morgan fingerprint density at radius 2 is 2.25 bits per heavy atom. The van der Waals surface area contributed by atoms with Crippen LogP contribution in [-0.2, 0) is 4.79 Å². The summed E-state index contributed by atoms with van der Waals surface area (Å²) in [5.74, 6) is -0.336. The zero-order chi connectivity index (χ0) is 11.7. The molecule has 0 spiro atoms. The molecule has 2 rings (SSSR count). The Morgan fingerprint density at radius 3 is 2.94 bits per heavy atom. The summed E-state index contributed by atoms with van der Waals surface area (Å²) in [5, 5.41) is 2.64. The van der Waals surface area contributed by atoms with Gasteiger partial charge in [0.25, 0.3) is 0 Å². The third-order valence-electron chi connectivity index (χ3n) is 3.22. The third kappa shape index (κ3) is 1.70. The van der Waals surface area contributed by atoms with E-state index in [0.717, 1.165) is 18.4 Å². The van der Waals surface area contributed by atoms with Crippen LogP contribution in [0.2, 0.25) is 0 Å². The SMILES string of the molecule is CCCC(C)C1C(=O)Nc2c(F)cccc21. The largest absolute Gasteiger partial charge is 0.323 e. The van der Waals surface area contributed by atoms with E-state index in [1.54, 1.807) is 6.07 Å². The molecule has 3 heteroatoms. The number of benzene rings is 1. The molecule has 0 saturated heterocycles. The average Bonchev–Trinajstić information content (AvgIpc) is 2.56. The van der Waals surface area contributed by atoms with E-state index in [4.69, 9.17) is 0 Å². The van der Waals surface area contributed by atoms with Crippen molar-refractivity contribution in [3.8, 4) is 0 Å². The molecule has 1 aromatic rings. The van der Waals surface area contributed by atoms with Crippen LogP contribution in [0.25, 0.3) is 0 Å². The molecule has 0 aliphatic carbocycles. The second-order valence-corrected chi connectivity index (χ2v) is 4.44. The fourth-order valence-corrected chi connectivity index (χ4v) is 2.46. The summed E-state index contributed by atoms with van der Waals surface area (Å²) in [6.07, 6.45) is 2.02. The van der Waals surface area contributed by atoms with Gasteiger partial charge in [-0.05, 0) is 24.0 Å². The fraction of sp³-hybridized carbons (Fsp3) is 0.462. The molecule has 0 bridgehead atoms. The number of carbonyl (C=O) groups is 1. The molecule has 0 aromatic heterocycles. The number of hydrogen-bond acceptors (Lipinski definition) is 1. The van der Waals surface area contributed by atoms with Crippen molar-refractivity contribution in [2.45, 2.75) is 32.6 Å². The molecule has 86 valence electrons. The van der Waals surface area contributed by atoms with E-state index in [1.807, 2.05) is 13.0 Å². The number of amides is 1. The van der Waals surface area contributed by atoms with Gasteiger partial charge in [-0.1, -0.05) is 32.4 Å². The highest BCUT2D eigenvalue weighted by Gasteiger charge is 2.35. The highest BCUT2D eigenvalue weighted by molar-refractivity contribution is 6.03. The van der Waals surface area contributed by atoms with E-state index in [9.17, 15) is 9.18 Å². The fourth-order valence-electron chi connectivity index (χ4n) is 2.46. The minimum Gasteiger partial charge on any atom is -0.323 e. The van der Waals surface area contributed by atoms with Crippen LogP contribution in [0.1, 0.15) is 38.2 Å². The van der Waals surface area contributed by atoms with Gasteiger partial charge in [0.1, 0.15) is 5.82 Å². The normalized spacial score (nSPS) is 20.4. The Labute approximate surface area is 94.9 Å². The Bertz CT molecular complexity index is 416. The van der Waals surface area contributed by atoms with Crippen molar-refractivity contribution in [1.29, 1.82) is 0 Å². The highest BCUT2D eigenvalue weighted by Crippen LogP contribution is 2.39. The maximum absolute atomic E-state index is 13.5. The molecule has 1 aromatic carbocycles. The summed E-state index contributed by atoms with van der Waals surface area (Å²) in [4.78, 5) is 11.8. The number of anilines is 1. The van der Waals surface area contributed by atoms with Gasteiger partial charge in [-0.2, -0.15) is 0 Å². The van der Waals surface area contributed by atoms with Crippen LogP contribution in [0.5, 0.6) is 0 Å². The summed E-state index contributed by atoms with van der Waals surface area (Å²) in [7, 11) is 0. The number of fused-ring (bicyclic) bond motifs is 1. The van der Waals surface area contributed by atoms with Crippen molar-refractivity contribution < 1.29 is 9.18 Å². The van der Waals surface area contributed by atoms with Crippen molar-refractivity contribution in [3.63, 3.8) is 0 Å². The van der Waals surface area contributed by atoms with Gasteiger partial charge in [-0.25, -0.2) is 4.39 Å². The minimum absolute atomic E-state index is 0.0685. The molecule has 0 fully saturated rings. The van der Waals surface area contributed by atoms with Gasteiger partial charge in [-0.15, -0.1) is 0 Å². The maximum Gasteiger partial charge on any atom is 0.232 e. The molecule has 2 atom stereocenters. The van der Waals surface area contributed by atoms with E-state index < -0.39 is 0 Å². The van der Waals surface area contributed by atoms with E-state index in [0.29, 0.717) is 5.69 Å². The smallest absolute Gasteiger partial charge is 0.232 e. The van der Waals surface area contributed by atoms with E-state index >= 15 is 0 Å². The lowest BCUT2D eigenvalue weighted by Gasteiger charge is -2.16. The Morgan fingerprint density at radius 1 is 1.50 bits per heavy atom. The lowest BCUT2D eigenvalue weighted by Crippen LogP contribution is -2.18. The van der Waals surface area contributed by atoms with Crippen LogP contribution in [-0.4, -0.2) is 5.91 Å². The summed E-state index contributed by atoms with van der Waals surface area (Å²) in [5.41, 5.74) is 1.19. The lowest BCUT2D eigenvalue weighted by atomic mass is 9.85. The second kappa shape index (κ2) is 4.24. The van der Waals surface area contributed by atoms with Gasteiger partial charge in [0.05, 0.1) is 11.6 Å². The summed E-state index contributed by atoms with van der Waals surface area (Å²) in [6.45, 7) is 4.14. The zero-order valence-corrected chi connectivity index (χ0v) is 9.59. The molecule has 1 amide bonds. The Hall–Kier alpha value is -1.38. The number of halogens is 1. The molecule has 1 aliphatic heterocycles. The van der Waals surface area contributed by atoms with Crippen molar-refractivity contribution in [1.82, 2.24) is 0 Å². The molecule has 16 heavy (non-hydrogen) atoms. The van der Waals surface area contributed by atoms with Crippen LogP contribution in [0.4, 0.5) is 10.1 Å². The molecule has 1 N–H and O–H groups in total. The van der Waals surface area contributed by atoms with E-state index in [1.165, 1.54) is 6.07 Å². The van der Waals surface area contributed by atoms with Gasteiger partial charge < -0.3 is 5.32 Å². The molecule has 1 heterocycles. The van der Waals surface area contributed by atoms with E-state index in [2.05, 4.69) is 12.2 Å². The first-order valence-corrected chi connectivity index (χ1v) is 5.74. The topological polar surface area (TPSA) is 29.1 Å². The standard InChI is InChI=1S/C13H16FNO/c1-3-5-8(2)11-9-6-4-7-10(14)12(9)15-13(11)16/h4,6-8,11H,3,5H2,1-2H3,(H,15,16). The highest BCUT2D eigenvalue weighted by atomic mass is 19.1. The van der Waals surface area contributed by atoms with Crippen LogP contribution in [0.15, 0.2) is 18.2 Å². The molecule has 1 aliphatic rings. The first-order valence-electron chi connectivity index (χ1n) is 5.74. The molecular formula is C13H16FNO. The van der Waals surface area contributed by atoms with Crippen LogP contribution < -0.4 is 5.32 Å². The van der Waals surface area contributed by atoms with Crippen molar-refractivity contribution >= 4 is 11.6 Å². The number of para-hydroxylation sites is 1. The van der Waals surface area contributed by atoms with Crippen LogP contribution >= 0.6 is 0 Å². The quantitative estimate of drug-likeness (QED) is 0.833. The van der Waals surface area contributed by atoms with Crippen LogP contribution in [0, 0.1) is 11.7 Å². The van der Waals surface area contributed by atoms with Gasteiger partial charge >= 0.3 is 0 Å².